The number of hydrogen-bond donors (Lipinski definition) is 0. The average molecular weight is 230 g/mol. The van der Waals surface area contributed by atoms with Crippen molar-refractivity contribution in [3.05, 3.63) is 29.8 Å². The zero-order chi connectivity index (χ0) is 12.3. The van der Waals surface area contributed by atoms with Crippen LogP contribution >= 0.6 is 0 Å². The van der Waals surface area contributed by atoms with Crippen LogP contribution in [0.5, 0.6) is 0 Å². The van der Waals surface area contributed by atoms with Gasteiger partial charge in [-0.1, -0.05) is 13.8 Å². The molecule has 1 aromatic carbocycles. The molecule has 0 bridgehead atoms. The molecular weight excluding hydrogens is 212 g/mol. The van der Waals surface area contributed by atoms with Crippen molar-refractivity contribution in [1.82, 2.24) is 0 Å². The Morgan fingerprint density at radius 1 is 1.35 bits per heavy atom. The Bertz CT molecular complexity index is 405. The minimum Gasteiger partial charge on any atom is -0.377 e. The first kappa shape index (κ1) is 11.9. The molecule has 1 fully saturated rings. The Kier molecular flexibility index (Phi) is 3.65. The number of ether oxygens (including phenoxy) is 1. The molecule has 1 aliphatic heterocycles. The van der Waals surface area contributed by atoms with Gasteiger partial charge in [0.1, 0.15) is 0 Å². The highest BCUT2D eigenvalue weighted by Crippen LogP contribution is 2.23. The van der Waals surface area contributed by atoms with Gasteiger partial charge in [0.2, 0.25) is 0 Å². The number of morpholine rings is 1. The van der Waals surface area contributed by atoms with Gasteiger partial charge in [-0.3, -0.25) is 0 Å². The molecule has 2 rings (SSSR count). The fourth-order valence-electron chi connectivity index (χ4n) is 2.22. The van der Waals surface area contributed by atoms with Gasteiger partial charge < -0.3 is 9.64 Å². The van der Waals surface area contributed by atoms with Crippen molar-refractivity contribution in [2.45, 2.75) is 19.9 Å². The third-order valence-electron chi connectivity index (χ3n) is 3.26. The summed E-state index contributed by atoms with van der Waals surface area (Å²) < 4.78 is 5.55. The number of nitriles is 1. The second kappa shape index (κ2) is 5.20. The largest absolute Gasteiger partial charge is 0.377 e. The van der Waals surface area contributed by atoms with Crippen LogP contribution in [0.15, 0.2) is 24.3 Å². The smallest absolute Gasteiger partial charge is 0.0991 e. The summed E-state index contributed by atoms with van der Waals surface area (Å²) >= 11 is 0. The predicted molar refractivity (Wildman–Crippen MR) is 67.9 cm³/mol. The summed E-state index contributed by atoms with van der Waals surface area (Å²) in [7, 11) is 0. The quantitative estimate of drug-likeness (QED) is 0.783. The summed E-state index contributed by atoms with van der Waals surface area (Å²) in [5.41, 5.74) is 1.90. The van der Waals surface area contributed by atoms with Crippen molar-refractivity contribution < 1.29 is 4.74 Å². The third-order valence-corrected chi connectivity index (χ3v) is 3.26. The molecule has 0 radical (unpaired) electrons. The number of rotatable bonds is 2. The summed E-state index contributed by atoms with van der Waals surface area (Å²) in [6, 6.07) is 10.4. The van der Waals surface area contributed by atoms with E-state index in [4.69, 9.17) is 10.00 Å². The molecule has 1 atom stereocenters. The highest BCUT2D eigenvalue weighted by atomic mass is 16.5. The predicted octanol–water partition coefficient (Wildman–Crippen LogP) is 2.42. The zero-order valence-corrected chi connectivity index (χ0v) is 10.4. The second-order valence-corrected chi connectivity index (χ2v) is 4.74. The number of benzene rings is 1. The molecule has 0 aromatic heterocycles. The van der Waals surface area contributed by atoms with E-state index in [2.05, 4.69) is 24.8 Å². The lowest BCUT2D eigenvalue weighted by atomic mass is 10.0. The minimum atomic E-state index is 0.427. The van der Waals surface area contributed by atoms with Gasteiger partial charge in [0, 0.05) is 12.2 Å². The molecule has 0 spiro atoms. The first-order valence-electron chi connectivity index (χ1n) is 6.07. The van der Waals surface area contributed by atoms with E-state index in [1.165, 1.54) is 5.69 Å². The van der Waals surface area contributed by atoms with Crippen molar-refractivity contribution in [2.24, 2.45) is 5.92 Å². The molecule has 0 N–H and O–H groups in total. The van der Waals surface area contributed by atoms with Crippen LogP contribution in [-0.4, -0.2) is 25.8 Å². The highest BCUT2D eigenvalue weighted by Gasteiger charge is 2.25. The van der Waals surface area contributed by atoms with E-state index < -0.39 is 0 Å². The molecule has 0 amide bonds. The van der Waals surface area contributed by atoms with Crippen molar-refractivity contribution in [1.29, 1.82) is 5.26 Å². The summed E-state index contributed by atoms with van der Waals surface area (Å²) in [6.45, 7) is 6.93. The lowest BCUT2D eigenvalue weighted by molar-refractivity contribution is 0.0807. The molecule has 1 aromatic rings. The Hall–Kier alpha value is -1.53. The minimum absolute atomic E-state index is 0.427. The molecule has 1 saturated heterocycles. The first-order valence-corrected chi connectivity index (χ1v) is 6.07. The van der Waals surface area contributed by atoms with Crippen LogP contribution in [0.25, 0.3) is 0 Å². The van der Waals surface area contributed by atoms with Gasteiger partial charge in [-0.2, -0.15) is 5.26 Å². The maximum atomic E-state index is 8.80. The highest BCUT2D eigenvalue weighted by molar-refractivity contribution is 5.51. The van der Waals surface area contributed by atoms with Gasteiger partial charge >= 0.3 is 0 Å². The molecule has 1 aliphatic rings. The molecule has 17 heavy (non-hydrogen) atoms. The molecular formula is C14H18N2O. The topological polar surface area (TPSA) is 36.3 Å². The molecule has 90 valence electrons. The van der Waals surface area contributed by atoms with Crippen molar-refractivity contribution in [3.8, 4) is 6.07 Å². The summed E-state index contributed by atoms with van der Waals surface area (Å²) in [5.74, 6) is 0.561. The SMILES string of the molecule is CC(C)C1COCCN1c1ccc(C#N)cc1. The number of anilines is 1. The van der Waals surface area contributed by atoms with E-state index >= 15 is 0 Å². The Labute approximate surface area is 103 Å². The molecule has 3 nitrogen and oxygen atoms in total. The summed E-state index contributed by atoms with van der Waals surface area (Å²) in [4.78, 5) is 2.38. The van der Waals surface area contributed by atoms with Crippen molar-refractivity contribution >= 4 is 5.69 Å². The standard InChI is InChI=1S/C14H18N2O/c1-11(2)14-10-17-8-7-16(14)13-5-3-12(9-15)4-6-13/h3-6,11,14H,7-8,10H2,1-2H3. The molecule has 0 saturated carbocycles. The molecule has 3 heteroatoms. The van der Waals surface area contributed by atoms with E-state index in [0.29, 0.717) is 17.5 Å². The van der Waals surface area contributed by atoms with Crippen LogP contribution in [0.2, 0.25) is 0 Å². The maximum Gasteiger partial charge on any atom is 0.0991 e. The van der Waals surface area contributed by atoms with Crippen LogP contribution < -0.4 is 4.90 Å². The number of hydrogen-bond acceptors (Lipinski definition) is 3. The van der Waals surface area contributed by atoms with E-state index in [1.807, 2.05) is 24.3 Å². The first-order chi connectivity index (χ1) is 8.22. The zero-order valence-electron chi connectivity index (χ0n) is 10.4. The Morgan fingerprint density at radius 2 is 2.06 bits per heavy atom. The van der Waals surface area contributed by atoms with E-state index in [9.17, 15) is 0 Å². The monoisotopic (exact) mass is 230 g/mol. The van der Waals surface area contributed by atoms with Gasteiger partial charge in [-0.05, 0) is 30.2 Å². The Morgan fingerprint density at radius 3 is 2.65 bits per heavy atom. The van der Waals surface area contributed by atoms with E-state index in [1.54, 1.807) is 0 Å². The normalized spacial score (nSPS) is 20.4. The fourth-order valence-corrected chi connectivity index (χ4v) is 2.22. The lowest BCUT2D eigenvalue weighted by Crippen LogP contribution is -2.48. The average Bonchev–Trinajstić information content (AvgIpc) is 2.39. The van der Waals surface area contributed by atoms with Crippen LogP contribution in [0, 0.1) is 17.2 Å². The van der Waals surface area contributed by atoms with Gasteiger partial charge in [0.25, 0.3) is 0 Å². The van der Waals surface area contributed by atoms with Gasteiger partial charge in [0.05, 0.1) is 30.9 Å². The van der Waals surface area contributed by atoms with Crippen LogP contribution in [-0.2, 0) is 4.74 Å². The van der Waals surface area contributed by atoms with Gasteiger partial charge in [0.15, 0.2) is 0 Å². The van der Waals surface area contributed by atoms with Crippen LogP contribution in [0.4, 0.5) is 5.69 Å². The third kappa shape index (κ3) is 2.59. The molecule has 1 heterocycles. The summed E-state index contributed by atoms with van der Waals surface area (Å²) in [6.07, 6.45) is 0. The molecule has 0 aliphatic carbocycles. The van der Waals surface area contributed by atoms with Crippen LogP contribution in [0.1, 0.15) is 19.4 Å². The van der Waals surface area contributed by atoms with E-state index in [-0.39, 0.29) is 0 Å². The number of nitrogens with zero attached hydrogens (tertiary/aromatic N) is 2. The molecule has 1 unspecified atom stereocenters. The van der Waals surface area contributed by atoms with Crippen LogP contribution in [0.3, 0.4) is 0 Å². The van der Waals surface area contributed by atoms with Gasteiger partial charge in [-0.25, -0.2) is 0 Å². The maximum absolute atomic E-state index is 8.80. The van der Waals surface area contributed by atoms with Gasteiger partial charge in [-0.15, -0.1) is 0 Å². The lowest BCUT2D eigenvalue weighted by Gasteiger charge is -2.39. The fraction of sp³-hybridized carbons (Fsp3) is 0.500. The van der Waals surface area contributed by atoms with Crippen molar-refractivity contribution in [2.75, 3.05) is 24.7 Å². The van der Waals surface area contributed by atoms with E-state index in [0.717, 1.165) is 19.8 Å². The Balaban J connectivity index is 2.21. The van der Waals surface area contributed by atoms with Crippen molar-refractivity contribution in [3.63, 3.8) is 0 Å². The second-order valence-electron chi connectivity index (χ2n) is 4.74. The summed E-state index contributed by atoms with van der Waals surface area (Å²) in [5, 5.41) is 8.80.